The number of nitrogens with two attached hydrogens (primary N) is 2. The lowest BCUT2D eigenvalue weighted by Crippen LogP contribution is -2.12. The van der Waals surface area contributed by atoms with E-state index in [0.717, 1.165) is 67.0 Å². The van der Waals surface area contributed by atoms with Crippen LogP contribution in [0.25, 0.3) is 44.7 Å². The second-order valence-electron chi connectivity index (χ2n) is 12.0. The first-order valence-corrected chi connectivity index (χ1v) is 15.7. The lowest BCUT2D eigenvalue weighted by Gasteiger charge is -2.18. The van der Waals surface area contributed by atoms with Crippen LogP contribution < -0.4 is 22.1 Å². The highest BCUT2D eigenvalue weighted by atomic mass is 15.2. The fraction of sp³-hybridized carbons (Fsp3) is 0.0270. The Morgan fingerprint density at radius 2 is 1.31 bits per heavy atom. The van der Waals surface area contributed by atoms with Gasteiger partial charge < -0.3 is 22.1 Å². The maximum absolute atomic E-state index is 5.95. The number of benzene rings is 4. The number of hydrogen-bond donors (Lipinski definition) is 4. The molecule has 49 heavy (non-hydrogen) atoms. The van der Waals surface area contributed by atoms with Crippen molar-refractivity contribution in [3.8, 4) is 5.82 Å². The summed E-state index contributed by atoms with van der Waals surface area (Å²) in [6.45, 7) is 0. The summed E-state index contributed by atoms with van der Waals surface area (Å²) >= 11 is 0. The fourth-order valence-electron chi connectivity index (χ4n) is 6.85. The van der Waals surface area contributed by atoms with Gasteiger partial charge in [0.25, 0.3) is 0 Å². The molecule has 5 heterocycles. The van der Waals surface area contributed by atoms with Gasteiger partial charge in [-0.1, -0.05) is 18.2 Å². The monoisotopic (exact) mass is 638 g/mol. The van der Waals surface area contributed by atoms with Crippen molar-refractivity contribution in [3.63, 3.8) is 0 Å². The molecule has 4 aromatic heterocycles. The highest BCUT2D eigenvalue weighted by molar-refractivity contribution is 6.07. The van der Waals surface area contributed by atoms with Crippen LogP contribution in [0, 0.1) is 0 Å². The Kier molecular flexibility index (Phi) is 5.64. The van der Waals surface area contributed by atoms with Crippen LogP contribution in [0.4, 0.5) is 39.8 Å². The number of rotatable bonds is 6. The fourth-order valence-corrected chi connectivity index (χ4v) is 6.85. The van der Waals surface area contributed by atoms with Gasteiger partial charge in [0, 0.05) is 51.0 Å². The van der Waals surface area contributed by atoms with Gasteiger partial charge >= 0.3 is 0 Å². The van der Waals surface area contributed by atoms with E-state index in [1.165, 1.54) is 6.33 Å². The smallest absolute Gasteiger partial charge is 0.240 e. The molecular formula is C37H26N12. The minimum atomic E-state index is -0.224. The highest BCUT2D eigenvalue weighted by Gasteiger charge is 2.30. The van der Waals surface area contributed by atoms with Crippen LogP contribution in [0.5, 0.6) is 0 Å². The lowest BCUT2D eigenvalue weighted by atomic mass is 9.93. The molecule has 9 aromatic rings. The molecule has 0 bridgehead atoms. The van der Waals surface area contributed by atoms with Gasteiger partial charge in [0.15, 0.2) is 5.82 Å². The average Bonchev–Trinajstić information content (AvgIpc) is 3.88. The quantitative estimate of drug-likeness (QED) is 0.139. The Balaban J connectivity index is 1.16. The van der Waals surface area contributed by atoms with Crippen molar-refractivity contribution < 1.29 is 0 Å². The first-order valence-electron chi connectivity index (χ1n) is 15.7. The van der Waals surface area contributed by atoms with Crippen molar-refractivity contribution in [1.29, 1.82) is 0 Å². The molecule has 0 fully saturated rings. The summed E-state index contributed by atoms with van der Waals surface area (Å²) in [6, 6.07) is 31.6. The lowest BCUT2D eigenvalue weighted by molar-refractivity contribution is 0.956. The van der Waals surface area contributed by atoms with Crippen LogP contribution in [-0.2, 0) is 0 Å². The summed E-state index contributed by atoms with van der Waals surface area (Å²) < 4.78 is 3.94. The second kappa shape index (κ2) is 10.2. The molecule has 5 aromatic carbocycles. The summed E-state index contributed by atoms with van der Waals surface area (Å²) in [6.07, 6.45) is 5.28. The van der Waals surface area contributed by atoms with Crippen LogP contribution in [0.1, 0.15) is 17.2 Å². The zero-order valence-electron chi connectivity index (χ0n) is 25.8. The predicted octanol–water partition coefficient (Wildman–Crippen LogP) is 7.10. The molecule has 0 saturated carbocycles. The number of imidazole rings is 1. The zero-order chi connectivity index (χ0) is 32.6. The Labute approximate surface area is 278 Å². The summed E-state index contributed by atoms with van der Waals surface area (Å²) in [5.74, 6) is 1.47. The van der Waals surface area contributed by atoms with Gasteiger partial charge in [-0.05, 0) is 78.9 Å². The molecule has 6 N–H and O–H groups in total. The molecule has 0 amide bonds. The van der Waals surface area contributed by atoms with E-state index >= 15 is 0 Å². The van der Waals surface area contributed by atoms with Gasteiger partial charge in [-0.2, -0.15) is 4.98 Å². The third-order valence-corrected chi connectivity index (χ3v) is 9.07. The van der Waals surface area contributed by atoms with Crippen molar-refractivity contribution >= 4 is 84.9 Å². The van der Waals surface area contributed by atoms with Gasteiger partial charge in [0.05, 0.1) is 39.5 Å². The number of nitrogens with one attached hydrogen (secondary N) is 2. The highest BCUT2D eigenvalue weighted by Crippen LogP contribution is 2.45. The van der Waals surface area contributed by atoms with Crippen molar-refractivity contribution in [2.45, 2.75) is 5.92 Å². The molecule has 12 heteroatoms. The van der Waals surface area contributed by atoms with E-state index < -0.39 is 0 Å². The number of nitrogen functional groups attached to an aromatic ring is 2. The van der Waals surface area contributed by atoms with Crippen molar-refractivity contribution in [3.05, 3.63) is 121 Å². The summed E-state index contributed by atoms with van der Waals surface area (Å²) in [7, 11) is 0. The number of aromatic nitrogens is 7. The largest absolute Gasteiger partial charge is 0.399 e. The third-order valence-electron chi connectivity index (χ3n) is 9.07. The van der Waals surface area contributed by atoms with Crippen molar-refractivity contribution in [1.82, 2.24) is 33.9 Å². The van der Waals surface area contributed by atoms with Crippen LogP contribution in [-0.4, -0.2) is 40.1 Å². The second-order valence-corrected chi connectivity index (χ2v) is 12.0. The van der Waals surface area contributed by atoms with E-state index in [0.29, 0.717) is 28.7 Å². The van der Waals surface area contributed by atoms with Crippen LogP contribution in [0.15, 0.2) is 115 Å². The number of para-hydroxylation sites is 1. The minimum absolute atomic E-state index is 0.224. The van der Waals surface area contributed by atoms with Crippen LogP contribution >= 0.6 is 0 Å². The Bertz CT molecular complexity index is 2740. The van der Waals surface area contributed by atoms with E-state index in [-0.39, 0.29) is 5.92 Å². The van der Waals surface area contributed by atoms with E-state index in [9.17, 15) is 0 Å². The molecule has 12 nitrogen and oxygen atoms in total. The number of fused-ring (bicyclic) bond motifs is 2. The molecule has 1 aliphatic rings. The first-order chi connectivity index (χ1) is 24.1. The van der Waals surface area contributed by atoms with E-state index in [2.05, 4.69) is 38.8 Å². The van der Waals surface area contributed by atoms with Gasteiger partial charge in [-0.25, -0.2) is 24.3 Å². The number of anilines is 6. The molecule has 0 saturated heterocycles. The first kappa shape index (κ1) is 27.1. The van der Waals surface area contributed by atoms with Crippen molar-refractivity contribution in [2.75, 3.05) is 22.1 Å². The standard InChI is InChI=1S/C37H26N12/c38-20-7-11-22(12-8-20)44-28-4-1-3-27-31(28)26(17-40-27)32-24-15-16-25-33(24)49-36(46-32)41-18-42-37(49)47-35(25)48-19-43-29-5-2-6-30(34(29)48)45-23-13-9-21(39)10-14-23/h1-19,26,44-45H,38-39H2. The van der Waals surface area contributed by atoms with E-state index in [1.54, 1.807) is 0 Å². The molecule has 0 aliphatic carbocycles. The maximum atomic E-state index is 5.95. The van der Waals surface area contributed by atoms with Crippen LogP contribution in [0.3, 0.4) is 0 Å². The Hall–Kier alpha value is -7.08. The van der Waals surface area contributed by atoms with Gasteiger partial charge in [-0.15, -0.1) is 0 Å². The molecule has 1 aliphatic heterocycles. The van der Waals surface area contributed by atoms with E-state index in [1.807, 2.05) is 100 Å². The van der Waals surface area contributed by atoms with Gasteiger partial charge in [0.2, 0.25) is 11.6 Å². The minimum Gasteiger partial charge on any atom is -0.399 e. The molecule has 0 radical (unpaired) electrons. The third kappa shape index (κ3) is 4.17. The van der Waals surface area contributed by atoms with Crippen LogP contribution in [0.2, 0.25) is 0 Å². The molecule has 10 rings (SSSR count). The molecule has 234 valence electrons. The number of aliphatic imine (C=N–C) groups is 1. The topological polar surface area (TPSA) is 162 Å². The van der Waals surface area contributed by atoms with Gasteiger partial charge in [-0.3, -0.25) is 9.56 Å². The summed E-state index contributed by atoms with van der Waals surface area (Å²) in [4.78, 5) is 29.0. The SMILES string of the molecule is Nc1ccc(Nc2cccc3c2C(c2nc4ncnc5nc(-n6cnc7cccc(Nc8ccc(N)cc8)c76)c6ccc2c6n45)C=N3)cc1. The summed E-state index contributed by atoms with van der Waals surface area (Å²) in [5, 5.41) is 9.00. The average molecular weight is 639 g/mol. The Morgan fingerprint density at radius 3 is 2.08 bits per heavy atom. The molecular weight excluding hydrogens is 612 g/mol. The number of nitrogens with zero attached hydrogens (tertiary/aromatic N) is 8. The zero-order valence-corrected chi connectivity index (χ0v) is 25.8. The maximum Gasteiger partial charge on any atom is 0.240 e. The predicted molar refractivity (Wildman–Crippen MR) is 194 cm³/mol. The molecule has 0 spiro atoms. The summed E-state index contributed by atoms with van der Waals surface area (Å²) in [5.41, 5.74) is 22.4. The van der Waals surface area contributed by atoms with Gasteiger partial charge in [0.1, 0.15) is 12.7 Å². The normalized spacial score (nSPS) is 14.0. The van der Waals surface area contributed by atoms with Crippen molar-refractivity contribution in [2.24, 2.45) is 4.99 Å². The Morgan fingerprint density at radius 1 is 0.633 bits per heavy atom. The number of hydrogen-bond acceptors (Lipinski definition) is 10. The molecule has 1 atom stereocenters. The molecule has 1 unspecified atom stereocenters. The van der Waals surface area contributed by atoms with E-state index in [4.69, 9.17) is 31.4 Å².